The van der Waals surface area contributed by atoms with Gasteiger partial charge in [0.25, 0.3) is 5.89 Å². The fourth-order valence-electron chi connectivity index (χ4n) is 1.62. The number of aromatic nitrogens is 3. The van der Waals surface area contributed by atoms with Gasteiger partial charge < -0.3 is 13.6 Å². The van der Waals surface area contributed by atoms with Gasteiger partial charge in [-0.05, 0) is 26.0 Å². The first-order valence-electron chi connectivity index (χ1n) is 6.28. The van der Waals surface area contributed by atoms with Crippen LogP contribution in [0.2, 0.25) is 0 Å². The summed E-state index contributed by atoms with van der Waals surface area (Å²) in [6.07, 6.45) is 3.25. The highest BCUT2D eigenvalue weighted by atomic mass is 31.2. The van der Waals surface area contributed by atoms with E-state index in [4.69, 9.17) is 13.6 Å². The molecule has 0 unspecified atom stereocenters. The van der Waals surface area contributed by atoms with E-state index in [2.05, 4.69) is 15.1 Å². The molecule has 0 aliphatic heterocycles. The second-order valence-corrected chi connectivity index (χ2v) is 5.92. The molecular formula is C12H16N3O4P. The normalized spacial score (nSPS) is 11.7. The molecule has 20 heavy (non-hydrogen) atoms. The molecule has 0 N–H and O–H groups in total. The Hall–Kier alpha value is -1.56. The van der Waals surface area contributed by atoms with Gasteiger partial charge in [0.2, 0.25) is 0 Å². The zero-order valence-electron chi connectivity index (χ0n) is 11.4. The Bertz CT molecular complexity index is 577. The molecule has 0 radical (unpaired) electrons. The van der Waals surface area contributed by atoms with Crippen LogP contribution in [0, 0.1) is 0 Å². The van der Waals surface area contributed by atoms with Crippen LogP contribution in [0.3, 0.4) is 0 Å². The lowest BCUT2D eigenvalue weighted by atomic mass is 10.3. The molecule has 0 fully saturated rings. The van der Waals surface area contributed by atoms with Gasteiger partial charge in [-0.2, -0.15) is 4.98 Å². The van der Waals surface area contributed by atoms with Gasteiger partial charge in [0.05, 0.1) is 18.8 Å². The van der Waals surface area contributed by atoms with E-state index in [9.17, 15) is 4.57 Å². The zero-order valence-corrected chi connectivity index (χ0v) is 12.2. The van der Waals surface area contributed by atoms with Crippen molar-refractivity contribution in [2.75, 3.05) is 13.2 Å². The summed E-state index contributed by atoms with van der Waals surface area (Å²) < 4.78 is 27.8. The molecule has 0 saturated carbocycles. The highest BCUT2D eigenvalue weighted by Crippen LogP contribution is 2.50. The summed E-state index contributed by atoms with van der Waals surface area (Å²) in [5.74, 6) is 0.613. The lowest BCUT2D eigenvalue weighted by Crippen LogP contribution is -2.00. The quantitative estimate of drug-likeness (QED) is 0.726. The molecule has 0 aliphatic rings. The van der Waals surface area contributed by atoms with Crippen molar-refractivity contribution in [1.82, 2.24) is 15.1 Å². The second kappa shape index (κ2) is 6.74. The number of nitrogens with zero attached hydrogens (tertiary/aromatic N) is 3. The van der Waals surface area contributed by atoms with Gasteiger partial charge in [0, 0.05) is 12.4 Å². The van der Waals surface area contributed by atoms with E-state index in [1.807, 2.05) is 0 Å². The number of pyridine rings is 1. The van der Waals surface area contributed by atoms with Crippen molar-refractivity contribution in [3.8, 4) is 11.5 Å². The van der Waals surface area contributed by atoms with Crippen LogP contribution in [-0.2, 0) is 19.8 Å². The van der Waals surface area contributed by atoms with E-state index in [1.54, 1.807) is 38.4 Å². The Morgan fingerprint density at radius 2 is 2.05 bits per heavy atom. The molecule has 2 aromatic heterocycles. The second-order valence-electron chi connectivity index (χ2n) is 3.86. The van der Waals surface area contributed by atoms with E-state index in [-0.39, 0.29) is 12.0 Å². The largest absolute Gasteiger partial charge is 0.338 e. The van der Waals surface area contributed by atoms with E-state index < -0.39 is 7.60 Å². The summed E-state index contributed by atoms with van der Waals surface area (Å²) in [4.78, 5) is 8.15. The zero-order chi connectivity index (χ0) is 14.4. The summed E-state index contributed by atoms with van der Waals surface area (Å²) in [5.41, 5.74) is 0.703. The van der Waals surface area contributed by atoms with Crippen LogP contribution < -0.4 is 0 Å². The van der Waals surface area contributed by atoms with Crippen LogP contribution in [0.4, 0.5) is 0 Å². The van der Waals surface area contributed by atoms with Crippen molar-refractivity contribution in [3.05, 3.63) is 30.4 Å². The van der Waals surface area contributed by atoms with Crippen LogP contribution in [0.25, 0.3) is 11.5 Å². The Morgan fingerprint density at radius 3 is 2.65 bits per heavy atom. The van der Waals surface area contributed by atoms with Crippen LogP contribution in [-0.4, -0.2) is 28.3 Å². The molecule has 7 nitrogen and oxygen atoms in total. The topological polar surface area (TPSA) is 87.3 Å². The van der Waals surface area contributed by atoms with Crippen LogP contribution >= 0.6 is 7.60 Å². The SMILES string of the molecule is CCOP(=O)(Cc1noc(-c2cccnc2)n1)OCC. The van der Waals surface area contributed by atoms with Crippen molar-refractivity contribution in [2.45, 2.75) is 20.0 Å². The van der Waals surface area contributed by atoms with Crippen molar-refractivity contribution in [1.29, 1.82) is 0 Å². The average Bonchev–Trinajstić information content (AvgIpc) is 2.88. The summed E-state index contributed by atoms with van der Waals surface area (Å²) in [5, 5.41) is 3.80. The Balaban J connectivity index is 2.15. The maximum Gasteiger partial charge on any atom is 0.338 e. The van der Waals surface area contributed by atoms with Crippen molar-refractivity contribution in [2.24, 2.45) is 0 Å². The Kier molecular flexibility index (Phi) is 5.00. The van der Waals surface area contributed by atoms with Crippen LogP contribution in [0.5, 0.6) is 0 Å². The van der Waals surface area contributed by atoms with Crippen molar-refractivity contribution >= 4 is 7.60 Å². The molecule has 2 heterocycles. The number of rotatable bonds is 7. The highest BCUT2D eigenvalue weighted by molar-refractivity contribution is 7.53. The summed E-state index contributed by atoms with van der Waals surface area (Å²) in [6.45, 7) is 4.10. The van der Waals surface area contributed by atoms with Gasteiger partial charge in [0.15, 0.2) is 5.82 Å². The first-order chi connectivity index (χ1) is 9.67. The van der Waals surface area contributed by atoms with Crippen LogP contribution in [0.15, 0.2) is 29.0 Å². The maximum atomic E-state index is 12.3. The summed E-state index contributed by atoms with van der Waals surface area (Å²) in [7, 11) is -3.22. The van der Waals surface area contributed by atoms with Gasteiger partial charge >= 0.3 is 7.60 Å². The van der Waals surface area contributed by atoms with Gasteiger partial charge in [0.1, 0.15) is 6.16 Å². The third-order valence-corrected chi connectivity index (χ3v) is 4.34. The van der Waals surface area contributed by atoms with E-state index in [0.717, 1.165) is 0 Å². The molecule has 0 atom stereocenters. The predicted octanol–water partition coefficient (Wildman–Crippen LogP) is 2.90. The van der Waals surface area contributed by atoms with Gasteiger partial charge in [-0.25, -0.2) is 0 Å². The van der Waals surface area contributed by atoms with E-state index in [0.29, 0.717) is 24.7 Å². The minimum absolute atomic E-state index is 0.0154. The third kappa shape index (κ3) is 3.72. The fraction of sp³-hybridized carbons (Fsp3) is 0.417. The molecule has 0 amide bonds. The predicted molar refractivity (Wildman–Crippen MR) is 72.1 cm³/mol. The lowest BCUT2D eigenvalue weighted by molar-refractivity contribution is 0.218. The minimum atomic E-state index is -3.22. The first-order valence-corrected chi connectivity index (χ1v) is 8.00. The summed E-state index contributed by atoms with van der Waals surface area (Å²) in [6, 6.07) is 3.57. The Labute approximate surface area is 116 Å². The van der Waals surface area contributed by atoms with Gasteiger partial charge in [-0.3, -0.25) is 9.55 Å². The van der Waals surface area contributed by atoms with Crippen molar-refractivity contribution in [3.63, 3.8) is 0 Å². The third-order valence-electron chi connectivity index (χ3n) is 2.36. The average molecular weight is 297 g/mol. The molecule has 0 bridgehead atoms. The molecule has 8 heteroatoms. The van der Waals surface area contributed by atoms with E-state index >= 15 is 0 Å². The molecule has 0 saturated heterocycles. The molecule has 2 aromatic rings. The highest BCUT2D eigenvalue weighted by Gasteiger charge is 2.27. The number of hydrogen-bond acceptors (Lipinski definition) is 7. The summed E-state index contributed by atoms with van der Waals surface area (Å²) >= 11 is 0. The van der Waals surface area contributed by atoms with Crippen molar-refractivity contribution < 1.29 is 18.1 Å². The maximum absolute atomic E-state index is 12.3. The standard InChI is InChI=1S/C12H16N3O4P/c1-3-17-20(16,18-4-2)9-11-14-12(19-15-11)10-6-5-7-13-8-10/h5-8H,3-4,9H2,1-2H3. The molecule has 0 spiro atoms. The van der Waals surface area contributed by atoms with Gasteiger partial charge in [-0.15, -0.1) is 0 Å². The molecule has 0 aliphatic carbocycles. The Morgan fingerprint density at radius 1 is 1.30 bits per heavy atom. The molecule has 108 valence electrons. The minimum Gasteiger partial charge on any atom is -0.334 e. The molecular weight excluding hydrogens is 281 g/mol. The lowest BCUT2D eigenvalue weighted by Gasteiger charge is -2.14. The fourth-order valence-corrected chi connectivity index (χ4v) is 3.14. The van der Waals surface area contributed by atoms with E-state index in [1.165, 1.54) is 0 Å². The molecule has 2 rings (SSSR count). The van der Waals surface area contributed by atoms with Crippen LogP contribution in [0.1, 0.15) is 19.7 Å². The first kappa shape index (κ1) is 14.8. The van der Waals surface area contributed by atoms with Gasteiger partial charge in [-0.1, -0.05) is 5.16 Å². The number of hydrogen-bond donors (Lipinski definition) is 0. The smallest absolute Gasteiger partial charge is 0.334 e. The monoisotopic (exact) mass is 297 g/mol. The molecule has 0 aromatic carbocycles.